The van der Waals surface area contributed by atoms with Gasteiger partial charge in [0.15, 0.2) is 0 Å². The predicted octanol–water partition coefficient (Wildman–Crippen LogP) is 3.35. The van der Waals surface area contributed by atoms with Crippen molar-refractivity contribution in [3.63, 3.8) is 0 Å². The number of ether oxygens (including phenoxy) is 1. The number of rotatable bonds is 9. The molecule has 0 bridgehead atoms. The van der Waals surface area contributed by atoms with Crippen molar-refractivity contribution in [3.05, 3.63) is 58.7 Å². The minimum Gasteiger partial charge on any atom is -0.473 e. The topological polar surface area (TPSA) is 80.3 Å². The van der Waals surface area contributed by atoms with Gasteiger partial charge in [-0.3, -0.25) is 9.59 Å². The first-order valence-electron chi connectivity index (χ1n) is 8.96. The van der Waals surface area contributed by atoms with Crippen molar-refractivity contribution in [2.24, 2.45) is 0 Å². The zero-order valence-corrected chi connectivity index (χ0v) is 16.3. The molecule has 6 nitrogen and oxygen atoms in total. The third-order valence-corrected chi connectivity index (χ3v) is 4.05. The molecule has 0 saturated carbocycles. The van der Waals surface area contributed by atoms with Gasteiger partial charge in [0, 0.05) is 17.6 Å². The molecule has 1 aromatic heterocycles. The zero-order valence-electron chi connectivity index (χ0n) is 15.5. The van der Waals surface area contributed by atoms with Crippen LogP contribution in [0, 0.1) is 0 Å². The monoisotopic (exact) mass is 389 g/mol. The fourth-order valence-electron chi connectivity index (χ4n) is 2.36. The third kappa shape index (κ3) is 6.57. The van der Waals surface area contributed by atoms with Crippen LogP contribution >= 0.6 is 11.6 Å². The maximum atomic E-state index is 12.4. The highest BCUT2D eigenvalue weighted by atomic mass is 35.5. The van der Waals surface area contributed by atoms with E-state index in [9.17, 15) is 9.59 Å². The number of hydrogen-bond donors (Lipinski definition) is 2. The number of halogens is 1. The average molecular weight is 390 g/mol. The van der Waals surface area contributed by atoms with Gasteiger partial charge in [0.05, 0.1) is 0 Å². The molecule has 2 rings (SSSR count). The summed E-state index contributed by atoms with van der Waals surface area (Å²) in [6.07, 6.45) is 1.33. The quantitative estimate of drug-likeness (QED) is 0.689. The van der Waals surface area contributed by atoms with Gasteiger partial charge in [-0.25, -0.2) is 4.98 Å². The molecule has 1 unspecified atom stereocenters. The Kier molecular flexibility index (Phi) is 8.07. The lowest BCUT2D eigenvalue weighted by Gasteiger charge is -2.16. The van der Waals surface area contributed by atoms with Crippen LogP contribution in [-0.4, -0.2) is 29.4 Å². The Morgan fingerprint density at radius 2 is 1.96 bits per heavy atom. The zero-order chi connectivity index (χ0) is 19.6. The second kappa shape index (κ2) is 10.5. The standard InChI is InChI=1S/C20H24ClN3O3/c1-3-11-22-19(25)16(4-2)24-20(26)17-9-6-10-18(23-17)27-13-14-7-5-8-15(21)12-14/h5-10,12,16H,3-4,11,13H2,1-2H3,(H,22,25)(H,24,26). The van der Waals surface area contributed by atoms with E-state index >= 15 is 0 Å². The van der Waals surface area contributed by atoms with Crippen LogP contribution in [0.1, 0.15) is 42.7 Å². The van der Waals surface area contributed by atoms with E-state index in [1.807, 2.05) is 26.0 Å². The van der Waals surface area contributed by atoms with E-state index in [0.717, 1.165) is 12.0 Å². The molecule has 0 fully saturated rings. The average Bonchev–Trinajstić information content (AvgIpc) is 2.68. The summed E-state index contributed by atoms with van der Waals surface area (Å²) in [5.74, 6) is -0.283. The molecule has 27 heavy (non-hydrogen) atoms. The van der Waals surface area contributed by atoms with E-state index in [0.29, 0.717) is 23.9 Å². The Labute approximate surface area is 164 Å². The van der Waals surface area contributed by atoms with Crippen molar-refractivity contribution in [1.82, 2.24) is 15.6 Å². The Bertz CT molecular complexity index is 783. The molecule has 0 aliphatic carbocycles. The normalized spacial score (nSPS) is 11.5. The maximum absolute atomic E-state index is 12.4. The number of amides is 2. The molecule has 1 atom stereocenters. The van der Waals surface area contributed by atoms with Crippen molar-refractivity contribution in [1.29, 1.82) is 0 Å². The van der Waals surface area contributed by atoms with E-state index < -0.39 is 11.9 Å². The lowest BCUT2D eigenvalue weighted by Crippen LogP contribution is -2.46. The van der Waals surface area contributed by atoms with Crippen molar-refractivity contribution < 1.29 is 14.3 Å². The minimum absolute atomic E-state index is 0.193. The number of benzene rings is 1. The fourth-order valence-corrected chi connectivity index (χ4v) is 2.58. The molecule has 144 valence electrons. The maximum Gasteiger partial charge on any atom is 0.270 e. The highest BCUT2D eigenvalue weighted by Crippen LogP contribution is 2.14. The van der Waals surface area contributed by atoms with E-state index in [4.69, 9.17) is 16.3 Å². The van der Waals surface area contributed by atoms with Gasteiger partial charge in [-0.2, -0.15) is 0 Å². The van der Waals surface area contributed by atoms with Crippen molar-refractivity contribution >= 4 is 23.4 Å². The molecular weight excluding hydrogens is 366 g/mol. The molecule has 1 heterocycles. The smallest absolute Gasteiger partial charge is 0.270 e. The van der Waals surface area contributed by atoms with Crippen molar-refractivity contribution in [2.45, 2.75) is 39.3 Å². The van der Waals surface area contributed by atoms with Gasteiger partial charge in [0.25, 0.3) is 5.91 Å². The summed E-state index contributed by atoms with van der Waals surface area (Å²) in [5, 5.41) is 6.13. The molecular formula is C20H24ClN3O3. The Balaban J connectivity index is 1.98. The number of carbonyl (C=O) groups excluding carboxylic acids is 2. The third-order valence-electron chi connectivity index (χ3n) is 3.81. The summed E-state index contributed by atoms with van der Waals surface area (Å²) in [7, 11) is 0. The van der Waals surface area contributed by atoms with Crippen LogP contribution in [0.2, 0.25) is 5.02 Å². The first-order valence-corrected chi connectivity index (χ1v) is 9.34. The summed E-state index contributed by atoms with van der Waals surface area (Å²) in [6.45, 7) is 4.68. The summed E-state index contributed by atoms with van der Waals surface area (Å²) in [4.78, 5) is 28.7. The van der Waals surface area contributed by atoms with Crippen LogP contribution in [-0.2, 0) is 11.4 Å². The summed E-state index contributed by atoms with van der Waals surface area (Å²) >= 11 is 5.96. The predicted molar refractivity (Wildman–Crippen MR) is 105 cm³/mol. The number of pyridine rings is 1. The van der Waals surface area contributed by atoms with E-state index in [1.54, 1.807) is 30.3 Å². The molecule has 0 aliphatic heterocycles. The number of carbonyl (C=O) groups is 2. The molecule has 7 heteroatoms. The number of hydrogen-bond acceptors (Lipinski definition) is 4. The lowest BCUT2D eigenvalue weighted by atomic mass is 10.2. The fraction of sp³-hybridized carbons (Fsp3) is 0.350. The van der Waals surface area contributed by atoms with Crippen LogP contribution in [0.3, 0.4) is 0 Å². The van der Waals surface area contributed by atoms with Crippen LogP contribution in [0.5, 0.6) is 5.88 Å². The second-order valence-electron chi connectivity index (χ2n) is 6.00. The van der Waals surface area contributed by atoms with Gasteiger partial charge < -0.3 is 15.4 Å². The van der Waals surface area contributed by atoms with Gasteiger partial charge >= 0.3 is 0 Å². The molecule has 2 amide bonds. The van der Waals surface area contributed by atoms with Gasteiger partial charge in [-0.1, -0.05) is 43.6 Å². The van der Waals surface area contributed by atoms with Gasteiger partial charge in [0.1, 0.15) is 18.3 Å². The van der Waals surface area contributed by atoms with E-state index in [2.05, 4.69) is 15.6 Å². The summed E-state index contributed by atoms with van der Waals surface area (Å²) in [5.41, 5.74) is 1.10. The van der Waals surface area contributed by atoms with Gasteiger partial charge in [0.2, 0.25) is 11.8 Å². The van der Waals surface area contributed by atoms with Crippen molar-refractivity contribution in [3.8, 4) is 5.88 Å². The second-order valence-corrected chi connectivity index (χ2v) is 6.44. The van der Waals surface area contributed by atoms with Gasteiger partial charge in [-0.05, 0) is 36.6 Å². The van der Waals surface area contributed by atoms with Crippen molar-refractivity contribution in [2.75, 3.05) is 6.54 Å². The van der Waals surface area contributed by atoms with Crippen LogP contribution in [0.15, 0.2) is 42.5 Å². The molecule has 0 radical (unpaired) electrons. The number of nitrogens with zero attached hydrogens (tertiary/aromatic N) is 1. The Morgan fingerprint density at radius 1 is 1.19 bits per heavy atom. The van der Waals surface area contributed by atoms with Crippen LogP contribution < -0.4 is 15.4 Å². The van der Waals surface area contributed by atoms with Gasteiger partial charge in [-0.15, -0.1) is 0 Å². The molecule has 2 N–H and O–H groups in total. The number of aromatic nitrogens is 1. The first-order chi connectivity index (χ1) is 13.0. The summed E-state index contributed by atoms with van der Waals surface area (Å²) < 4.78 is 5.64. The van der Waals surface area contributed by atoms with E-state index in [-0.39, 0.29) is 18.2 Å². The number of nitrogens with one attached hydrogen (secondary N) is 2. The van der Waals surface area contributed by atoms with Crippen LogP contribution in [0.25, 0.3) is 0 Å². The first kappa shape index (κ1) is 20.7. The lowest BCUT2D eigenvalue weighted by molar-refractivity contribution is -0.123. The molecule has 0 spiro atoms. The highest BCUT2D eigenvalue weighted by molar-refractivity contribution is 6.30. The van der Waals surface area contributed by atoms with Crippen LogP contribution in [0.4, 0.5) is 0 Å². The Hall–Kier alpha value is -2.60. The Morgan fingerprint density at radius 3 is 2.67 bits per heavy atom. The minimum atomic E-state index is -0.595. The molecule has 0 aliphatic rings. The summed E-state index contributed by atoms with van der Waals surface area (Å²) in [6, 6.07) is 11.7. The molecule has 0 saturated heterocycles. The largest absolute Gasteiger partial charge is 0.473 e. The highest BCUT2D eigenvalue weighted by Gasteiger charge is 2.20. The molecule has 1 aromatic carbocycles. The SMILES string of the molecule is CCCNC(=O)C(CC)NC(=O)c1cccc(OCc2cccc(Cl)c2)n1. The van der Waals surface area contributed by atoms with E-state index in [1.165, 1.54) is 0 Å². The molecule has 2 aromatic rings.